The van der Waals surface area contributed by atoms with Crippen LogP contribution in [0.3, 0.4) is 0 Å². The number of aliphatic hydroxyl groups is 1. The molecule has 0 bridgehead atoms. The maximum Gasteiger partial charge on any atom is 0.295 e. The largest absolute Gasteiger partial charge is 0.507 e. The molecule has 3 rings (SSSR count). The molecule has 1 amide bonds. The minimum Gasteiger partial charge on any atom is -0.507 e. The van der Waals surface area contributed by atoms with Crippen molar-refractivity contribution < 1.29 is 24.2 Å². The summed E-state index contributed by atoms with van der Waals surface area (Å²) in [5.74, 6) is -0.791. The monoisotopic (exact) mass is 465 g/mol. The van der Waals surface area contributed by atoms with Gasteiger partial charge in [-0.25, -0.2) is 0 Å². The Morgan fingerprint density at radius 2 is 1.71 bits per heavy atom. The molecule has 1 heterocycles. The summed E-state index contributed by atoms with van der Waals surface area (Å²) in [6, 6.07) is 12.4. The third-order valence-electron chi connectivity index (χ3n) is 5.84. The van der Waals surface area contributed by atoms with Crippen LogP contribution in [-0.2, 0) is 20.7 Å². The highest BCUT2D eigenvalue weighted by Gasteiger charge is 2.45. The highest BCUT2D eigenvalue weighted by molar-refractivity contribution is 6.46. The van der Waals surface area contributed by atoms with Crippen molar-refractivity contribution in [3.8, 4) is 5.75 Å². The van der Waals surface area contributed by atoms with E-state index in [1.807, 2.05) is 58.9 Å². The Labute approximate surface area is 202 Å². The van der Waals surface area contributed by atoms with Gasteiger partial charge in [-0.2, -0.15) is 0 Å². The standard InChI is InChI=1S/C28H35NO5/c1-7-20-8-10-21(11-9-20)25-24(27(31)28(32)29(25)14-15-33-17(2)3)26(30)22-12-13-23(19(6)16-22)34-18(4)5/h8-13,16-18,25,30H,7,14-15H2,1-6H3/b26-24-. The molecule has 6 heteroatoms. The van der Waals surface area contributed by atoms with Crippen LogP contribution in [0, 0.1) is 6.92 Å². The van der Waals surface area contributed by atoms with Crippen LogP contribution in [-0.4, -0.2) is 47.1 Å². The number of nitrogens with zero attached hydrogens (tertiary/aromatic N) is 1. The molecule has 34 heavy (non-hydrogen) atoms. The topological polar surface area (TPSA) is 76.1 Å². The number of benzene rings is 2. The molecule has 1 aliphatic heterocycles. The van der Waals surface area contributed by atoms with Crippen LogP contribution in [0.5, 0.6) is 5.75 Å². The minimum atomic E-state index is -0.688. The van der Waals surface area contributed by atoms with Crippen molar-refractivity contribution >= 4 is 17.4 Å². The highest BCUT2D eigenvalue weighted by Crippen LogP contribution is 2.39. The number of ether oxygens (including phenoxy) is 2. The number of ketones is 1. The van der Waals surface area contributed by atoms with E-state index < -0.39 is 17.7 Å². The first-order valence-electron chi connectivity index (χ1n) is 11.9. The SMILES string of the molecule is CCc1ccc(C2/C(=C(/O)c3ccc(OC(C)C)c(C)c3)C(=O)C(=O)N2CCOC(C)C)cc1. The molecular weight excluding hydrogens is 430 g/mol. The number of hydrogen-bond acceptors (Lipinski definition) is 5. The van der Waals surface area contributed by atoms with Gasteiger partial charge in [-0.05, 0) is 75.9 Å². The fraction of sp³-hybridized carbons (Fsp3) is 0.429. The molecule has 0 radical (unpaired) electrons. The second-order valence-electron chi connectivity index (χ2n) is 9.15. The van der Waals surface area contributed by atoms with Crippen molar-refractivity contribution in [2.75, 3.05) is 13.2 Å². The van der Waals surface area contributed by atoms with Crippen molar-refractivity contribution in [2.45, 2.75) is 66.2 Å². The van der Waals surface area contributed by atoms with E-state index in [0.717, 1.165) is 23.1 Å². The number of carbonyl (C=O) groups excluding carboxylic acids is 2. The summed E-state index contributed by atoms with van der Waals surface area (Å²) in [6.45, 7) is 12.2. The van der Waals surface area contributed by atoms with Crippen LogP contribution in [0.1, 0.15) is 62.9 Å². The molecule has 1 unspecified atom stereocenters. The Morgan fingerprint density at radius 3 is 2.26 bits per heavy atom. The van der Waals surface area contributed by atoms with Gasteiger partial charge in [-0.3, -0.25) is 9.59 Å². The van der Waals surface area contributed by atoms with Crippen molar-refractivity contribution in [1.29, 1.82) is 0 Å². The maximum absolute atomic E-state index is 13.2. The molecular formula is C28H35NO5. The average molecular weight is 466 g/mol. The lowest BCUT2D eigenvalue weighted by atomic mass is 9.94. The summed E-state index contributed by atoms with van der Waals surface area (Å²) >= 11 is 0. The summed E-state index contributed by atoms with van der Waals surface area (Å²) in [5.41, 5.74) is 3.33. The van der Waals surface area contributed by atoms with E-state index in [0.29, 0.717) is 17.9 Å². The van der Waals surface area contributed by atoms with Gasteiger partial charge in [-0.1, -0.05) is 31.2 Å². The Bertz CT molecular complexity index is 1070. The molecule has 182 valence electrons. The lowest BCUT2D eigenvalue weighted by Crippen LogP contribution is -2.33. The number of carbonyl (C=O) groups is 2. The van der Waals surface area contributed by atoms with E-state index in [4.69, 9.17) is 9.47 Å². The summed E-state index contributed by atoms with van der Waals surface area (Å²) in [6.07, 6.45) is 0.906. The molecule has 1 saturated heterocycles. The molecule has 1 atom stereocenters. The zero-order valence-electron chi connectivity index (χ0n) is 20.9. The van der Waals surface area contributed by atoms with E-state index in [1.54, 1.807) is 18.2 Å². The van der Waals surface area contributed by atoms with Crippen LogP contribution in [0.15, 0.2) is 48.0 Å². The molecule has 0 aliphatic carbocycles. The van der Waals surface area contributed by atoms with Crippen LogP contribution >= 0.6 is 0 Å². The Hall–Kier alpha value is -3.12. The first kappa shape index (κ1) is 25.5. The molecule has 2 aromatic carbocycles. The Kier molecular flexibility index (Phi) is 8.15. The predicted molar refractivity (Wildman–Crippen MR) is 133 cm³/mol. The molecule has 1 aliphatic rings. The predicted octanol–water partition coefficient (Wildman–Crippen LogP) is 5.19. The number of aryl methyl sites for hydroxylation is 2. The van der Waals surface area contributed by atoms with Crippen molar-refractivity contribution in [2.24, 2.45) is 0 Å². The Balaban J connectivity index is 2.07. The molecule has 0 saturated carbocycles. The van der Waals surface area contributed by atoms with Gasteiger partial charge in [0.1, 0.15) is 11.5 Å². The Morgan fingerprint density at radius 1 is 1.03 bits per heavy atom. The van der Waals surface area contributed by atoms with Crippen molar-refractivity contribution in [3.05, 3.63) is 70.3 Å². The van der Waals surface area contributed by atoms with Gasteiger partial charge >= 0.3 is 0 Å². The first-order valence-corrected chi connectivity index (χ1v) is 11.9. The molecule has 2 aromatic rings. The molecule has 1 N–H and O–H groups in total. The summed E-state index contributed by atoms with van der Waals surface area (Å²) < 4.78 is 11.4. The maximum atomic E-state index is 13.2. The third kappa shape index (κ3) is 5.50. The zero-order valence-corrected chi connectivity index (χ0v) is 20.9. The third-order valence-corrected chi connectivity index (χ3v) is 5.84. The van der Waals surface area contributed by atoms with E-state index >= 15 is 0 Å². The quantitative estimate of drug-likeness (QED) is 0.313. The van der Waals surface area contributed by atoms with Gasteiger partial charge in [0.25, 0.3) is 11.7 Å². The van der Waals surface area contributed by atoms with Crippen molar-refractivity contribution in [3.63, 3.8) is 0 Å². The fourth-order valence-electron chi connectivity index (χ4n) is 4.12. The van der Waals surface area contributed by atoms with E-state index in [2.05, 4.69) is 6.92 Å². The zero-order chi connectivity index (χ0) is 25.0. The van der Waals surface area contributed by atoms with Gasteiger partial charge in [-0.15, -0.1) is 0 Å². The van der Waals surface area contributed by atoms with E-state index in [1.165, 1.54) is 4.90 Å². The van der Waals surface area contributed by atoms with Gasteiger partial charge in [0.2, 0.25) is 0 Å². The lowest BCUT2D eigenvalue weighted by Gasteiger charge is -2.26. The fourth-order valence-corrected chi connectivity index (χ4v) is 4.12. The van der Waals surface area contributed by atoms with Crippen molar-refractivity contribution in [1.82, 2.24) is 4.90 Å². The van der Waals surface area contributed by atoms with Crippen LogP contribution < -0.4 is 4.74 Å². The van der Waals surface area contributed by atoms with Crippen LogP contribution in [0.2, 0.25) is 0 Å². The van der Waals surface area contributed by atoms with E-state index in [-0.39, 0.29) is 30.1 Å². The number of amides is 1. The van der Waals surface area contributed by atoms with Crippen LogP contribution in [0.25, 0.3) is 5.76 Å². The molecule has 0 aromatic heterocycles. The average Bonchev–Trinajstić information content (AvgIpc) is 3.04. The second kappa shape index (κ2) is 10.9. The number of Topliss-reactive ketones (excluding diaryl/α,β-unsaturated/α-hetero) is 1. The van der Waals surface area contributed by atoms with E-state index in [9.17, 15) is 14.7 Å². The van der Waals surface area contributed by atoms with Gasteiger partial charge in [0.05, 0.1) is 30.4 Å². The molecule has 6 nitrogen and oxygen atoms in total. The molecule has 1 fully saturated rings. The number of rotatable bonds is 9. The first-order chi connectivity index (χ1) is 16.1. The highest BCUT2D eigenvalue weighted by atomic mass is 16.5. The minimum absolute atomic E-state index is 0.00802. The number of likely N-dealkylation sites (tertiary alicyclic amines) is 1. The van der Waals surface area contributed by atoms with Gasteiger partial charge in [0, 0.05) is 12.1 Å². The molecule has 0 spiro atoms. The summed E-state index contributed by atoms with van der Waals surface area (Å²) in [5, 5.41) is 11.3. The summed E-state index contributed by atoms with van der Waals surface area (Å²) in [4.78, 5) is 27.7. The van der Waals surface area contributed by atoms with Crippen LogP contribution in [0.4, 0.5) is 0 Å². The lowest BCUT2D eigenvalue weighted by molar-refractivity contribution is -0.140. The second-order valence-corrected chi connectivity index (χ2v) is 9.15. The van der Waals surface area contributed by atoms with Gasteiger partial charge in [0.15, 0.2) is 0 Å². The normalized spacial score (nSPS) is 17.8. The van der Waals surface area contributed by atoms with Gasteiger partial charge < -0.3 is 19.5 Å². The smallest absolute Gasteiger partial charge is 0.295 e. The number of aliphatic hydroxyl groups excluding tert-OH is 1. The number of hydrogen-bond donors (Lipinski definition) is 1. The summed E-state index contributed by atoms with van der Waals surface area (Å²) in [7, 11) is 0.